The SMILES string of the molecule is COc1cc(CN(C)CC2CCC2)ccc1/C(N)=N/O. The molecule has 5 nitrogen and oxygen atoms in total. The Hall–Kier alpha value is -1.75. The standard InChI is InChI=1S/C15H23N3O2/c1-18(9-11-4-3-5-11)10-12-6-7-13(15(16)17-19)14(8-12)20-2/h6-8,11,19H,3-5,9-10H2,1-2H3,(H2,16,17). The number of hydrogen-bond donors (Lipinski definition) is 2. The predicted octanol–water partition coefficient (Wildman–Crippen LogP) is 2.02. The van der Waals surface area contributed by atoms with Crippen LogP contribution in [0.5, 0.6) is 5.75 Å². The van der Waals surface area contributed by atoms with E-state index in [0.29, 0.717) is 11.3 Å². The lowest BCUT2D eigenvalue weighted by atomic mass is 9.85. The molecule has 0 saturated heterocycles. The maximum atomic E-state index is 8.75. The number of oxime groups is 1. The van der Waals surface area contributed by atoms with Gasteiger partial charge < -0.3 is 20.6 Å². The first kappa shape index (κ1) is 14.7. The van der Waals surface area contributed by atoms with Crippen LogP contribution in [-0.2, 0) is 6.54 Å². The number of amidine groups is 1. The van der Waals surface area contributed by atoms with E-state index >= 15 is 0 Å². The molecule has 1 aliphatic rings. The highest BCUT2D eigenvalue weighted by atomic mass is 16.5. The van der Waals surface area contributed by atoms with Crippen molar-refractivity contribution < 1.29 is 9.94 Å². The second-order valence-electron chi connectivity index (χ2n) is 5.51. The maximum absolute atomic E-state index is 8.75. The maximum Gasteiger partial charge on any atom is 0.173 e. The topological polar surface area (TPSA) is 71.1 Å². The van der Waals surface area contributed by atoms with Gasteiger partial charge in [-0.25, -0.2) is 0 Å². The van der Waals surface area contributed by atoms with Crippen LogP contribution in [0.3, 0.4) is 0 Å². The minimum absolute atomic E-state index is 0.0659. The first-order chi connectivity index (χ1) is 9.63. The number of hydrogen-bond acceptors (Lipinski definition) is 4. The molecule has 0 heterocycles. The minimum atomic E-state index is 0.0659. The van der Waals surface area contributed by atoms with Crippen LogP contribution in [0.4, 0.5) is 0 Å². The second-order valence-corrected chi connectivity index (χ2v) is 5.51. The Kier molecular flexibility index (Phi) is 4.84. The Labute approximate surface area is 120 Å². The average Bonchev–Trinajstić information content (AvgIpc) is 2.42. The van der Waals surface area contributed by atoms with Crippen molar-refractivity contribution in [3.05, 3.63) is 29.3 Å². The third kappa shape index (κ3) is 3.42. The van der Waals surface area contributed by atoms with Gasteiger partial charge in [0.15, 0.2) is 5.84 Å². The molecule has 5 heteroatoms. The summed E-state index contributed by atoms with van der Waals surface area (Å²) in [7, 11) is 3.73. The first-order valence-corrected chi connectivity index (χ1v) is 6.97. The van der Waals surface area contributed by atoms with Gasteiger partial charge >= 0.3 is 0 Å². The van der Waals surface area contributed by atoms with Crippen LogP contribution in [-0.4, -0.2) is 36.6 Å². The summed E-state index contributed by atoms with van der Waals surface area (Å²) in [5, 5.41) is 11.8. The predicted molar refractivity (Wildman–Crippen MR) is 79.2 cm³/mol. The Morgan fingerprint density at radius 2 is 2.25 bits per heavy atom. The van der Waals surface area contributed by atoms with E-state index in [0.717, 1.165) is 24.6 Å². The highest BCUT2D eigenvalue weighted by molar-refractivity contribution is 5.99. The number of nitrogens with zero attached hydrogens (tertiary/aromatic N) is 2. The van der Waals surface area contributed by atoms with Crippen molar-refractivity contribution in [3.63, 3.8) is 0 Å². The molecule has 20 heavy (non-hydrogen) atoms. The van der Waals surface area contributed by atoms with Crippen molar-refractivity contribution in [2.75, 3.05) is 20.7 Å². The van der Waals surface area contributed by atoms with Gasteiger partial charge in [-0.05, 0) is 43.5 Å². The van der Waals surface area contributed by atoms with Gasteiger partial charge in [0, 0.05) is 13.1 Å². The first-order valence-electron chi connectivity index (χ1n) is 6.97. The fraction of sp³-hybridized carbons (Fsp3) is 0.533. The lowest BCUT2D eigenvalue weighted by molar-refractivity contribution is 0.200. The largest absolute Gasteiger partial charge is 0.496 e. The van der Waals surface area contributed by atoms with E-state index in [1.165, 1.54) is 19.3 Å². The van der Waals surface area contributed by atoms with E-state index in [4.69, 9.17) is 15.7 Å². The fourth-order valence-electron chi connectivity index (χ4n) is 2.59. The molecule has 0 aliphatic heterocycles. The summed E-state index contributed by atoms with van der Waals surface area (Å²) >= 11 is 0. The molecule has 3 N–H and O–H groups in total. The molecule has 0 amide bonds. The van der Waals surface area contributed by atoms with E-state index in [-0.39, 0.29) is 5.84 Å². The van der Waals surface area contributed by atoms with Crippen LogP contribution in [0.1, 0.15) is 30.4 Å². The van der Waals surface area contributed by atoms with Crippen LogP contribution in [0.25, 0.3) is 0 Å². The summed E-state index contributed by atoms with van der Waals surface area (Å²) < 4.78 is 5.31. The van der Waals surface area contributed by atoms with Crippen molar-refractivity contribution in [2.24, 2.45) is 16.8 Å². The third-order valence-electron chi connectivity index (χ3n) is 3.90. The summed E-state index contributed by atoms with van der Waals surface area (Å²) in [6, 6.07) is 5.78. The summed E-state index contributed by atoms with van der Waals surface area (Å²) in [4.78, 5) is 2.34. The van der Waals surface area contributed by atoms with Crippen LogP contribution < -0.4 is 10.5 Å². The van der Waals surface area contributed by atoms with E-state index in [9.17, 15) is 0 Å². The van der Waals surface area contributed by atoms with Crippen molar-refractivity contribution >= 4 is 5.84 Å². The van der Waals surface area contributed by atoms with E-state index in [1.807, 2.05) is 18.2 Å². The molecule has 2 rings (SSSR count). The quantitative estimate of drug-likeness (QED) is 0.361. The van der Waals surface area contributed by atoms with E-state index in [2.05, 4.69) is 17.1 Å². The lowest BCUT2D eigenvalue weighted by Gasteiger charge is -2.30. The summed E-state index contributed by atoms with van der Waals surface area (Å²) in [5.74, 6) is 1.56. The van der Waals surface area contributed by atoms with Gasteiger partial charge in [0.1, 0.15) is 5.75 Å². The fourth-order valence-corrected chi connectivity index (χ4v) is 2.59. The van der Waals surface area contributed by atoms with Gasteiger partial charge in [0.25, 0.3) is 0 Å². The number of methoxy groups -OCH3 is 1. The molecule has 0 atom stereocenters. The number of ether oxygens (including phenoxy) is 1. The zero-order valence-corrected chi connectivity index (χ0v) is 12.2. The van der Waals surface area contributed by atoms with E-state index < -0.39 is 0 Å². The third-order valence-corrected chi connectivity index (χ3v) is 3.90. The van der Waals surface area contributed by atoms with Gasteiger partial charge in [0.2, 0.25) is 0 Å². The molecule has 1 fully saturated rings. The number of benzene rings is 1. The highest BCUT2D eigenvalue weighted by Crippen LogP contribution is 2.27. The molecule has 0 spiro atoms. The Morgan fingerprint density at radius 3 is 2.80 bits per heavy atom. The number of rotatable bonds is 6. The van der Waals surface area contributed by atoms with Crippen LogP contribution >= 0.6 is 0 Å². The Morgan fingerprint density at radius 1 is 1.50 bits per heavy atom. The monoisotopic (exact) mass is 277 g/mol. The van der Waals surface area contributed by atoms with Gasteiger partial charge in [-0.3, -0.25) is 0 Å². The molecular formula is C15H23N3O2. The Bertz CT molecular complexity index is 484. The van der Waals surface area contributed by atoms with Gasteiger partial charge in [-0.2, -0.15) is 0 Å². The van der Waals surface area contributed by atoms with Crippen molar-refractivity contribution in [1.29, 1.82) is 0 Å². The number of nitrogens with two attached hydrogens (primary N) is 1. The smallest absolute Gasteiger partial charge is 0.173 e. The van der Waals surface area contributed by atoms with Crippen LogP contribution in [0, 0.1) is 5.92 Å². The summed E-state index contributed by atoms with van der Waals surface area (Å²) in [5.41, 5.74) is 7.40. The molecule has 0 aromatic heterocycles. The molecule has 1 aromatic carbocycles. The van der Waals surface area contributed by atoms with Gasteiger partial charge in [0.05, 0.1) is 12.7 Å². The molecule has 0 bridgehead atoms. The van der Waals surface area contributed by atoms with E-state index in [1.54, 1.807) is 7.11 Å². The molecule has 1 aromatic rings. The normalized spacial score (nSPS) is 16.2. The highest BCUT2D eigenvalue weighted by Gasteiger charge is 2.19. The Balaban J connectivity index is 2.04. The van der Waals surface area contributed by atoms with Gasteiger partial charge in [-0.1, -0.05) is 17.6 Å². The van der Waals surface area contributed by atoms with Gasteiger partial charge in [-0.15, -0.1) is 0 Å². The molecule has 0 radical (unpaired) electrons. The molecular weight excluding hydrogens is 254 g/mol. The summed E-state index contributed by atoms with van der Waals surface area (Å²) in [6.45, 7) is 2.02. The molecule has 1 aliphatic carbocycles. The molecule has 1 saturated carbocycles. The van der Waals surface area contributed by atoms with Crippen molar-refractivity contribution in [1.82, 2.24) is 4.90 Å². The minimum Gasteiger partial charge on any atom is -0.496 e. The lowest BCUT2D eigenvalue weighted by Crippen LogP contribution is -2.29. The molecule has 0 unspecified atom stereocenters. The molecule has 110 valence electrons. The van der Waals surface area contributed by atoms with Crippen LogP contribution in [0.15, 0.2) is 23.4 Å². The van der Waals surface area contributed by atoms with Crippen LogP contribution in [0.2, 0.25) is 0 Å². The average molecular weight is 277 g/mol. The zero-order valence-electron chi connectivity index (χ0n) is 12.2. The van der Waals surface area contributed by atoms with Crippen molar-refractivity contribution in [3.8, 4) is 5.75 Å². The summed E-state index contributed by atoms with van der Waals surface area (Å²) in [6.07, 6.45) is 4.09. The van der Waals surface area contributed by atoms with Crippen molar-refractivity contribution in [2.45, 2.75) is 25.8 Å². The zero-order chi connectivity index (χ0) is 14.5. The second kappa shape index (κ2) is 6.61.